The van der Waals surface area contributed by atoms with Gasteiger partial charge in [0.2, 0.25) is 0 Å². The Labute approximate surface area is 149 Å². The molecule has 0 aromatic heterocycles. The summed E-state index contributed by atoms with van der Waals surface area (Å²) in [7, 11) is 0. The Morgan fingerprint density at radius 2 is 1.88 bits per heavy atom. The van der Waals surface area contributed by atoms with E-state index in [0.717, 1.165) is 25.7 Å². The fraction of sp³-hybridized carbons (Fsp3) is 0.714. The Bertz CT molecular complexity index is 492. The van der Waals surface area contributed by atoms with Gasteiger partial charge in [-0.2, -0.15) is 0 Å². The van der Waals surface area contributed by atoms with Crippen LogP contribution in [0.15, 0.2) is 18.2 Å². The lowest BCUT2D eigenvalue weighted by molar-refractivity contribution is 0.193. The molecule has 2 aliphatic rings. The zero-order chi connectivity index (χ0) is 17.5. The molecule has 0 amide bonds. The fourth-order valence-corrected chi connectivity index (χ4v) is 3.80. The highest BCUT2D eigenvalue weighted by molar-refractivity contribution is 5.52. The number of nitrogens with zero attached hydrogens (tertiary/aromatic N) is 2. The summed E-state index contributed by atoms with van der Waals surface area (Å²) in [6, 6.07) is 8.36. The predicted molar refractivity (Wildman–Crippen MR) is 106 cm³/mol. The van der Waals surface area contributed by atoms with Gasteiger partial charge in [-0.3, -0.25) is 4.90 Å². The molecule has 1 fully saturated rings. The molecule has 1 saturated heterocycles. The van der Waals surface area contributed by atoms with Crippen molar-refractivity contribution in [3.05, 3.63) is 29.3 Å². The number of fused-ring (bicyclic) bond motifs is 1. The maximum absolute atomic E-state index is 3.63. The molecule has 0 radical (unpaired) electrons. The van der Waals surface area contributed by atoms with Gasteiger partial charge >= 0.3 is 0 Å². The molecule has 0 bridgehead atoms. The average Bonchev–Trinajstić information content (AvgIpc) is 2.84. The van der Waals surface area contributed by atoms with Crippen molar-refractivity contribution in [1.29, 1.82) is 0 Å². The quantitative estimate of drug-likeness (QED) is 0.894. The summed E-state index contributed by atoms with van der Waals surface area (Å²) in [6.07, 6.45) is 3.72. The highest BCUT2D eigenvalue weighted by Gasteiger charge is 2.22. The third kappa shape index (κ3) is 4.52. The van der Waals surface area contributed by atoms with Gasteiger partial charge in [-0.15, -0.1) is 0 Å². The van der Waals surface area contributed by atoms with Crippen LogP contribution >= 0.6 is 0 Å². The van der Waals surface area contributed by atoms with E-state index in [2.05, 4.69) is 54.1 Å². The minimum Gasteiger partial charge on any atom is -0.369 e. The van der Waals surface area contributed by atoms with Crippen LogP contribution in [0.3, 0.4) is 0 Å². The Morgan fingerprint density at radius 3 is 2.54 bits per heavy atom. The number of piperazine rings is 1. The second-order valence-electron chi connectivity index (χ2n) is 6.94. The van der Waals surface area contributed by atoms with Crippen LogP contribution in [-0.2, 0) is 6.42 Å². The van der Waals surface area contributed by atoms with Gasteiger partial charge in [0.15, 0.2) is 0 Å². The number of benzene rings is 1. The average molecular weight is 332 g/mol. The van der Waals surface area contributed by atoms with E-state index >= 15 is 0 Å². The number of hydrogen-bond acceptors (Lipinski definition) is 3. The molecule has 2 atom stereocenters. The molecule has 1 unspecified atom stereocenters. The van der Waals surface area contributed by atoms with Crippen LogP contribution in [0.5, 0.6) is 0 Å². The Hall–Kier alpha value is -1.06. The molecule has 0 saturated carbocycles. The summed E-state index contributed by atoms with van der Waals surface area (Å²) in [5, 5.41) is 3.63. The van der Waals surface area contributed by atoms with Gasteiger partial charge in [0.1, 0.15) is 0 Å². The largest absolute Gasteiger partial charge is 0.369 e. The normalized spacial score (nSPS) is 22.9. The Morgan fingerprint density at radius 1 is 1.17 bits per heavy atom. The first-order chi connectivity index (χ1) is 11.7. The molecule has 3 rings (SSSR count). The maximum Gasteiger partial charge on any atom is 0.0370 e. The molecule has 0 aliphatic carbocycles. The van der Waals surface area contributed by atoms with E-state index in [1.165, 1.54) is 43.6 Å². The second-order valence-corrected chi connectivity index (χ2v) is 6.94. The van der Waals surface area contributed by atoms with E-state index in [-0.39, 0.29) is 0 Å². The van der Waals surface area contributed by atoms with Crippen molar-refractivity contribution >= 4 is 5.69 Å². The summed E-state index contributed by atoms with van der Waals surface area (Å²) in [5.74, 6) is 0. The van der Waals surface area contributed by atoms with Crippen molar-refractivity contribution in [2.75, 3.05) is 37.6 Å². The van der Waals surface area contributed by atoms with E-state index in [0.29, 0.717) is 6.04 Å². The first kappa shape index (κ1) is 19.3. The summed E-state index contributed by atoms with van der Waals surface area (Å²) in [6.45, 7) is 16.8. The summed E-state index contributed by atoms with van der Waals surface area (Å²) >= 11 is 0. The lowest BCUT2D eigenvalue weighted by Crippen LogP contribution is -2.49. The SMILES string of the molecule is CC.CCC(C)N1CCN(c2ccc3c(c2)[C@H](C)NCCC3)CC1. The van der Waals surface area contributed by atoms with Crippen LogP contribution in [0.2, 0.25) is 0 Å². The van der Waals surface area contributed by atoms with Gasteiger partial charge in [0.05, 0.1) is 0 Å². The molecule has 24 heavy (non-hydrogen) atoms. The van der Waals surface area contributed by atoms with E-state index in [4.69, 9.17) is 0 Å². The topological polar surface area (TPSA) is 18.5 Å². The summed E-state index contributed by atoms with van der Waals surface area (Å²) in [4.78, 5) is 5.20. The molecule has 1 aromatic rings. The van der Waals surface area contributed by atoms with Crippen LogP contribution in [0.1, 0.15) is 64.6 Å². The molecule has 2 aliphatic heterocycles. The Balaban J connectivity index is 0.00000100. The minimum atomic E-state index is 0.485. The Kier molecular flexibility index (Phi) is 7.57. The van der Waals surface area contributed by atoms with Crippen LogP contribution in [-0.4, -0.2) is 43.7 Å². The number of aryl methyl sites for hydroxylation is 1. The summed E-state index contributed by atoms with van der Waals surface area (Å²) in [5.41, 5.74) is 4.47. The van der Waals surface area contributed by atoms with E-state index < -0.39 is 0 Å². The van der Waals surface area contributed by atoms with Gasteiger partial charge in [-0.1, -0.05) is 26.8 Å². The van der Waals surface area contributed by atoms with Gasteiger partial charge in [0.25, 0.3) is 0 Å². The monoisotopic (exact) mass is 331 g/mol. The van der Waals surface area contributed by atoms with Crippen molar-refractivity contribution in [3.8, 4) is 0 Å². The molecular formula is C21H37N3. The molecule has 2 heterocycles. The number of nitrogens with one attached hydrogen (secondary N) is 1. The fourth-order valence-electron chi connectivity index (χ4n) is 3.80. The third-order valence-corrected chi connectivity index (χ3v) is 5.56. The maximum atomic E-state index is 3.63. The van der Waals surface area contributed by atoms with Crippen molar-refractivity contribution in [2.24, 2.45) is 0 Å². The molecule has 1 aromatic carbocycles. The summed E-state index contributed by atoms with van der Waals surface area (Å²) < 4.78 is 0. The van der Waals surface area contributed by atoms with E-state index in [1.54, 1.807) is 5.56 Å². The lowest BCUT2D eigenvalue weighted by atomic mass is 9.98. The van der Waals surface area contributed by atoms with Gasteiger partial charge in [0, 0.05) is 44.0 Å². The number of hydrogen-bond donors (Lipinski definition) is 1. The van der Waals surface area contributed by atoms with Crippen LogP contribution < -0.4 is 10.2 Å². The van der Waals surface area contributed by atoms with Gasteiger partial charge in [-0.25, -0.2) is 0 Å². The smallest absolute Gasteiger partial charge is 0.0370 e. The standard InChI is InChI=1S/C19H31N3.C2H6/c1-4-15(2)21-10-12-22(13-11-21)18-8-7-17-6-5-9-20-16(3)19(17)14-18;1-2/h7-8,14-16,20H,4-6,9-13H2,1-3H3;1-2H3/t15?,16-;/m0./s1. The molecule has 3 nitrogen and oxygen atoms in total. The molecule has 136 valence electrons. The number of rotatable bonds is 3. The first-order valence-electron chi connectivity index (χ1n) is 10.0. The van der Waals surface area contributed by atoms with Crippen molar-refractivity contribution in [3.63, 3.8) is 0 Å². The highest BCUT2D eigenvalue weighted by atomic mass is 15.3. The van der Waals surface area contributed by atoms with Crippen LogP contribution in [0.4, 0.5) is 5.69 Å². The zero-order valence-electron chi connectivity index (χ0n) is 16.4. The van der Waals surface area contributed by atoms with Crippen LogP contribution in [0.25, 0.3) is 0 Å². The van der Waals surface area contributed by atoms with E-state index in [1.807, 2.05) is 13.8 Å². The van der Waals surface area contributed by atoms with Crippen molar-refractivity contribution < 1.29 is 0 Å². The van der Waals surface area contributed by atoms with Crippen molar-refractivity contribution in [1.82, 2.24) is 10.2 Å². The third-order valence-electron chi connectivity index (χ3n) is 5.56. The van der Waals surface area contributed by atoms with Crippen LogP contribution in [0, 0.1) is 0 Å². The number of anilines is 1. The predicted octanol–water partition coefficient (Wildman–Crippen LogP) is 4.23. The highest BCUT2D eigenvalue weighted by Crippen LogP contribution is 2.28. The first-order valence-corrected chi connectivity index (χ1v) is 10.0. The minimum absolute atomic E-state index is 0.485. The molecular weight excluding hydrogens is 294 g/mol. The van der Waals surface area contributed by atoms with E-state index in [9.17, 15) is 0 Å². The molecule has 1 N–H and O–H groups in total. The second kappa shape index (κ2) is 9.43. The lowest BCUT2D eigenvalue weighted by Gasteiger charge is -2.39. The zero-order valence-corrected chi connectivity index (χ0v) is 16.4. The van der Waals surface area contributed by atoms with Crippen molar-refractivity contribution in [2.45, 2.75) is 66.0 Å². The molecule has 3 heteroatoms. The van der Waals surface area contributed by atoms with Gasteiger partial charge in [-0.05, 0) is 62.9 Å². The van der Waals surface area contributed by atoms with Gasteiger partial charge < -0.3 is 10.2 Å². The molecule has 0 spiro atoms.